The lowest BCUT2D eigenvalue weighted by molar-refractivity contribution is -0.0990. The number of likely N-dealkylation sites (N-methyl/N-ethyl adjacent to an activating group) is 1. The molecule has 0 radical (unpaired) electrons. The van der Waals surface area contributed by atoms with Crippen molar-refractivity contribution in [1.29, 1.82) is 0 Å². The largest absolute Gasteiger partial charge is 0.376 e. The van der Waals surface area contributed by atoms with Crippen molar-refractivity contribution in [3.63, 3.8) is 0 Å². The molecule has 1 atom stereocenters. The fraction of sp³-hybridized carbons (Fsp3) is 0.538. The summed E-state index contributed by atoms with van der Waals surface area (Å²) in [6.07, 6.45) is 2.79. The van der Waals surface area contributed by atoms with Gasteiger partial charge in [0.2, 0.25) is 0 Å². The second kappa shape index (κ2) is 4.70. The highest BCUT2D eigenvalue weighted by molar-refractivity contribution is 5.26. The van der Waals surface area contributed by atoms with E-state index in [0.29, 0.717) is 5.56 Å². The lowest BCUT2D eigenvalue weighted by Crippen LogP contribution is -2.50. The number of methoxy groups -OCH3 is 1. The van der Waals surface area contributed by atoms with Crippen LogP contribution in [-0.2, 0) is 4.74 Å². The topological polar surface area (TPSA) is 21.3 Å². The molecule has 0 heterocycles. The number of benzene rings is 1. The van der Waals surface area contributed by atoms with Crippen molar-refractivity contribution in [3.8, 4) is 0 Å². The molecule has 0 amide bonds. The Bertz CT molecular complexity index is 399. The van der Waals surface area contributed by atoms with Crippen LogP contribution in [0, 0.1) is 11.6 Å². The van der Waals surface area contributed by atoms with Gasteiger partial charge in [-0.25, -0.2) is 8.78 Å². The van der Waals surface area contributed by atoms with E-state index in [1.54, 1.807) is 14.2 Å². The van der Waals surface area contributed by atoms with Crippen LogP contribution >= 0.6 is 0 Å². The highest BCUT2D eigenvalue weighted by Crippen LogP contribution is 2.45. The zero-order valence-corrected chi connectivity index (χ0v) is 10.1. The van der Waals surface area contributed by atoms with E-state index in [0.717, 1.165) is 31.4 Å². The van der Waals surface area contributed by atoms with Gasteiger partial charge in [0, 0.05) is 12.7 Å². The van der Waals surface area contributed by atoms with Gasteiger partial charge in [0.1, 0.15) is 11.6 Å². The molecule has 1 fully saturated rings. The molecule has 1 aromatic carbocycles. The molecule has 0 bridgehead atoms. The van der Waals surface area contributed by atoms with Gasteiger partial charge in [0.05, 0.1) is 11.6 Å². The maximum absolute atomic E-state index is 13.8. The van der Waals surface area contributed by atoms with Crippen molar-refractivity contribution in [2.45, 2.75) is 30.9 Å². The first-order chi connectivity index (χ1) is 8.13. The Hall–Kier alpha value is -1.00. The number of rotatable bonds is 4. The Morgan fingerprint density at radius 1 is 1.35 bits per heavy atom. The van der Waals surface area contributed by atoms with E-state index in [1.807, 2.05) is 0 Å². The lowest BCUT2D eigenvalue weighted by atomic mass is 9.72. The van der Waals surface area contributed by atoms with Crippen LogP contribution in [0.15, 0.2) is 18.2 Å². The summed E-state index contributed by atoms with van der Waals surface area (Å²) < 4.78 is 32.5. The molecule has 94 valence electrons. The van der Waals surface area contributed by atoms with Gasteiger partial charge < -0.3 is 10.1 Å². The van der Waals surface area contributed by atoms with Crippen molar-refractivity contribution < 1.29 is 13.5 Å². The molecule has 1 aliphatic carbocycles. The molecule has 0 aromatic heterocycles. The van der Waals surface area contributed by atoms with Gasteiger partial charge in [-0.05, 0) is 44.5 Å². The average Bonchev–Trinajstić information content (AvgIpc) is 2.27. The summed E-state index contributed by atoms with van der Waals surface area (Å²) in [6, 6.07) is 3.23. The smallest absolute Gasteiger partial charge is 0.128 e. The van der Waals surface area contributed by atoms with Crippen molar-refractivity contribution in [1.82, 2.24) is 5.32 Å². The van der Waals surface area contributed by atoms with Gasteiger partial charge in [-0.1, -0.05) is 0 Å². The molecule has 1 aliphatic rings. The number of ether oxygens (including phenoxy) is 1. The number of nitrogens with one attached hydrogen (secondary N) is 1. The van der Waals surface area contributed by atoms with Gasteiger partial charge in [-0.2, -0.15) is 0 Å². The third-order valence-electron chi connectivity index (χ3n) is 3.69. The predicted molar refractivity (Wildman–Crippen MR) is 61.7 cm³/mol. The summed E-state index contributed by atoms with van der Waals surface area (Å²) in [5.41, 5.74) is -0.0577. The summed E-state index contributed by atoms with van der Waals surface area (Å²) >= 11 is 0. The van der Waals surface area contributed by atoms with E-state index in [-0.39, 0.29) is 6.04 Å². The van der Waals surface area contributed by atoms with Crippen molar-refractivity contribution in [2.75, 3.05) is 14.2 Å². The SMILES string of the molecule is CNC(c1cc(F)ccc1F)C1(OC)CCC1. The first-order valence-electron chi connectivity index (χ1n) is 5.80. The first-order valence-corrected chi connectivity index (χ1v) is 5.80. The average molecular weight is 241 g/mol. The summed E-state index contributed by atoms with van der Waals surface area (Å²) in [5, 5.41) is 3.05. The summed E-state index contributed by atoms with van der Waals surface area (Å²) in [6.45, 7) is 0. The van der Waals surface area contributed by atoms with Crippen molar-refractivity contribution in [3.05, 3.63) is 35.4 Å². The number of halogens is 2. The Balaban J connectivity index is 2.37. The molecule has 1 aromatic rings. The van der Waals surface area contributed by atoms with Crippen molar-refractivity contribution in [2.24, 2.45) is 0 Å². The van der Waals surface area contributed by atoms with Gasteiger partial charge >= 0.3 is 0 Å². The quantitative estimate of drug-likeness (QED) is 0.875. The van der Waals surface area contributed by atoms with E-state index in [9.17, 15) is 8.78 Å². The Morgan fingerprint density at radius 2 is 2.06 bits per heavy atom. The van der Waals surface area contributed by atoms with E-state index in [4.69, 9.17) is 4.74 Å². The highest BCUT2D eigenvalue weighted by atomic mass is 19.1. The second-order valence-electron chi connectivity index (χ2n) is 4.51. The fourth-order valence-corrected chi connectivity index (χ4v) is 2.57. The minimum absolute atomic E-state index is 0.308. The standard InChI is InChI=1S/C13H17F2NO/c1-16-12(13(17-2)6-3-7-13)10-8-9(14)4-5-11(10)15/h4-5,8,12,16H,3,6-7H2,1-2H3. The second-order valence-corrected chi connectivity index (χ2v) is 4.51. The fourth-order valence-electron chi connectivity index (χ4n) is 2.57. The third-order valence-corrected chi connectivity index (χ3v) is 3.69. The summed E-state index contributed by atoms with van der Waals surface area (Å²) in [5.74, 6) is -0.818. The maximum atomic E-state index is 13.8. The molecule has 0 spiro atoms. The van der Waals surface area contributed by atoms with Crippen LogP contribution < -0.4 is 5.32 Å². The normalized spacial score (nSPS) is 19.8. The van der Waals surface area contributed by atoms with Crippen LogP contribution in [-0.4, -0.2) is 19.8 Å². The molecular weight excluding hydrogens is 224 g/mol. The molecular formula is C13H17F2NO. The van der Waals surface area contributed by atoms with Crippen LogP contribution in [0.25, 0.3) is 0 Å². The molecule has 4 heteroatoms. The van der Waals surface area contributed by atoms with Crippen LogP contribution in [0.3, 0.4) is 0 Å². The van der Waals surface area contributed by atoms with Gasteiger partial charge in [-0.15, -0.1) is 0 Å². The van der Waals surface area contributed by atoms with Crippen LogP contribution in [0.4, 0.5) is 8.78 Å². The molecule has 1 N–H and O–H groups in total. The first kappa shape index (κ1) is 12.5. The summed E-state index contributed by atoms with van der Waals surface area (Å²) in [7, 11) is 3.37. The Labute approximate surface area is 100.0 Å². The minimum Gasteiger partial charge on any atom is -0.376 e. The monoisotopic (exact) mass is 241 g/mol. The highest BCUT2D eigenvalue weighted by Gasteiger charge is 2.45. The van der Waals surface area contributed by atoms with E-state index in [2.05, 4.69) is 5.32 Å². The van der Waals surface area contributed by atoms with Crippen molar-refractivity contribution >= 4 is 0 Å². The molecule has 1 unspecified atom stereocenters. The van der Waals surface area contributed by atoms with Gasteiger partial charge in [-0.3, -0.25) is 0 Å². The van der Waals surface area contributed by atoms with Crippen LogP contribution in [0.5, 0.6) is 0 Å². The number of hydrogen-bond donors (Lipinski definition) is 1. The molecule has 0 aliphatic heterocycles. The molecule has 2 rings (SSSR count). The lowest BCUT2D eigenvalue weighted by Gasteiger charge is -2.46. The number of hydrogen-bond acceptors (Lipinski definition) is 2. The van der Waals surface area contributed by atoms with Crippen LogP contribution in [0.2, 0.25) is 0 Å². The summed E-state index contributed by atoms with van der Waals surface area (Å²) in [4.78, 5) is 0. The third kappa shape index (κ3) is 2.07. The Kier molecular flexibility index (Phi) is 3.45. The van der Waals surface area contributed by atoms with Gasteiger partial charge in [0.25, 0.3) is 0 Å². The van der Waals surface area contributed by atoms with E-state index in [1.165, 1.54) is 6.07 Å². The maximum Gasteiger partial charge on any atom is 0.128 e. The molecule has 2 nitrogen and oxygen atoms in total. The molecule has 1 saturated carbocycles. The predicted octanol–water partition coefficient (Wildman–Crippen LogP) is 2.79. The van der Waals surface area contributed by atoms with Gasteiger partial charge in [0.15, 0.2) is 0 Å². The zero-order valence-electron chi connectivity index (χ0n) is 10.1. The zero-order chi connectivity index (χ0) is 12.5. The molecule has 17 heavy (non-hydrogen) atoms. The van der Waals surface area contributed by atoms with Crippen LogP contribution in [0.1, 0.15) is 30.9 Å². The van der Waals surface area contributed by atoms with E-state index < -0.39 is 17.2 Å². The van der Waals surface area contributed by atoms with E-state index >= 15 is 0 Å². The minimum atomic E-state index is -0.424. The molecule has 0 saturated heterocycles. The Morgan fingerprint density at radius 3 is 2.53 bits per heavy atom.